The van der Waals surface area contributed by atoms with Gasteiger partial charge in [0.15, 0.2) is 10.9 Å². The molecule has 1 aromatic rings. The summed E-state index contributed by atoms with van der Waals surface area (Å²) in [4.78, 5) is 3.87. The van der Waals surface area contributed by atoms with Gasteiger partial charge in [0.25, 0.3) is 0 Å². The van der Waals surface area contributed by atoms with Gasteiger partial charge in [-0.1, -0.05) is 0 Å². The highest BCUT2D eigenvalue weighted by Gasteiger charge is 1.83. The molecular weight excluding hydrogens is 168 g/mol. The van der Waals surface area contributed by atoms with Crippen LogP contribution in [0, 0.1) is 6.92 Å². The molecule has 1 aromatic heterocycles. The van der Waals surface area contributed by atoms with Crippen LogP contribution < -0.4 is 5.14 Å². The molecular formula is C4H10N4O2S. The van der Waals surface area contributed by atoms with E-state index in [-0.39, 0.29) is 0 Å². The Morgan fingerprint density at radius 3 is 2.18 bits per heavy atom. The molecule has 2 N–H and O–H groups in total. The molecule has 1 heterocycles. The lowest BCUT2D eigenvalue weighted by Crippen LogP contribution is -1.86. The lowest BCUT2D eigenvalue weighted by Gasteiger charge is -1.76. The zero-order valence-corrected chi connectivity index (χ0v) is 7.15. The minimum atomic E-state index is -2.62. The van der Waals surface area contributed by atoms with Gasteiger partial charge in [0, 0.05) is 7.05 Å². The highest BCUT2D eigenvalue weighted by molar-refractivity contribution is 7.69. The topological polar surface area (TPSA) is 90.9 Å². The predicted octanol–water partition coefficient (Wildman–Crippen LogP) is -1.40. The molecule has 0 spiro atoms. The van der Waals surface area contributed by atoms with Crippen molar-refractivity contribution in [3.05, 3.63) is 12.2 Å². The summed E-state index contributed by atoms with van der Waals surface area (Å²) in [6.45, 7) is 1.86. The van der Waals surface area contributed by atoms with Gasteiger partial charge in [0.05, 0.1) is 0 Å². The average molecular weight is 178 g/mol. The molecule has 0 amide bonds. The zero-order chi connectivity index (χ0) is 8.85. The first kappa shape index (κ1) is 10.0. The summed E-state index contributed by atoms with van der Waals surface area (Å²) in [5.74, 6) is 0.822. The standard InChI is InChI=1S/C4H7N3.H3NO2S/c1-4-5-3-7(2)6-4;1-4(2)3/h3H,1-2H3;4H,(H2,1,2,3). The first-order chi connectivity index (χ1) is 5.02. The smallest absolute Gasteiger partial charge is 0.198 e. The van der Waals surface area contributed by atoms with Gasteiger partial charge in [0.2, 0.25) is 0 Å². The van der Waals surface area contributed by atoms with Crippen LogP contribution in [0.2, 0.25) is 0 Å². The Labute approximate surface area is 66.1 Å². The van der Waals surface area contributed by atoms with Crippen molar-refractivity contribution >= 4 is 10.9 Å². The van der Waals surface area contributed by atoms with Crippen LogP contribution in [0.4, 0.5) is 0 Å². The predicted molar refractivity (Wildman–Crippen MR) is 40.2 cm³/mol. The van der Waals surface area contributed by atoms with E-state index in [9.17, 15) is 0 Å². The van der Waals surface area contributed by atoms with Gasteiger partial charge in [0.1, 0.15) is 12.2 Å². The van der Waals surface area contributed by atoms with E-state index in [1.807, 2.05) is 14.0 Å². The molecule has 0 bridgehead atoms. The first-order valence-corrected chi connectivity index (χ1v) is 3.98. The van der Waals surface area contributed by atoms with Crippen molar-refractivity contribution in [1.82, 2.24) is 14.8 Å². The second kappa shape index (κ2) is 4.80. The van der Waals surface area contributed by atoms with E-state index in [4.69, 9.17) is 8.42 Å². The number of nitrogens with two attached hydrogens (primary N) is 1. The molecule has 0 aliphatic heterocycles. The monoisotopic (exact) mass is 178 g/mol. The number of thiol groups is 1. The largest absolute Gasteiger partial charge is 0.256 e. The van der Waals surface area contributed by atoms with Crippen molar-refractivity contribution in [2.45, 2.75) is 6.92 Å². The van der Waals surface area contributed by atoms with Crippen LogP contribution in [0.3, 0.4) is 0 Å². The van der Waals surface area contributed by atoms with Crippen molar-refractivity contribution in [1.29, 1.82) is 0 Å². The van der Waals surface area contributed by atoms with E-state index in [0.717, 1.165) is 5.82 Å². The van der Waals surface area contributed by atoms with Gasteiger partial charge < -0.3 is 0 Å². The Bertz CT molecular complexity index is 255. The van der Waals surface area contributed by atoms with E-state index >= 15 is 0 Å². The third-order valence-corrected chi connectivity index (χ3v) is 0.714. The molecule has 0 unspecified atom stereocenters. The van der Waals surface area contributed by atoms with Crippen LogP contribution in [0.1, 0.15) is 5.82 Å². The Morgan fingerprint density at radius 2 is 2.09 bits per heavy atom. The second-order valence-electron chi connectivity index (χ2n) is 1.75. The van der Waals surface area contributed by atoms with Crippen LogP contribution in [0.5, 0.6) is 0 Å². The normalized spacial score (nSPS) is 9.09. The summed E-state index contributed by atoms with van der Waals surface area (Å²) < 4.78 is 19.3. The van der Waals surface area contributed by atoms with Crippen molar-refractivity contribution in [3.8, 4) is 0 Å². The van der Waals surface area contributed by atoms with Crippen LogP contribution in [-0.4, -0.2) is 23.2 Å². The quantitative estimate of drug-likeness (QED) is 0.478. The van der Waals surface area contributed by atoms with Crippen molar-refractivity contribution in [3.63, 3.8) is 0 Å². The molecule has 7 heteroatoms. The number of aromatic nitrogens is 3. The molecule has 0 fully saturated rings. The Morgan fingerprint density at radius 1 is 1.64 bits per heavy atom. The van der Waals surface area contributed by atoms with Gasteiger partial charge in [-0.3, -0.25) is 4.68 Å². The number of hydrogen-bond donors (Lipinski definition) is 2. The van der Waals surface area contributed by atoms with E-state index in [1.54, 1.807) is 11.0 Å². The molecule has 0 aliphatic rings. The van der Waals surface area contributed by atoms with Crippen molar-refractivity contribution in [2.24, 2.45) is 12.2 Å². The molecule has 1 rings (SSSR count). The Balaban J connectivity index is 0.000000218. The maximum atomic E-state index is 8.81. The average Bonchev–Trinajstić information content (AvgIpc) is 2.13. The van der Waals surface area contributed by atoms with Gasteiger partial charge in [-0.2, -0.15) is 5.10 Å². The zero-order valence-electron chi connectivity index (χ0n) is 6.26. The number of aryl methyl sites for hydroxylation is 2. The van der Waals surface area contributed by atoms with Crippen LogP contribution in [0.25, 0.3) is 0 Å². The maximum Gasteiger partial charge on any atom is 0.198 e. The van der Waals surface area contributed by atoms with Gasteiger partial charge in [-0.15, -0.1) is 0 Å². The van der Waals surface area contributed by atoms with Gasteiger partial charge in [-0.25, -0.2) is 18.5 Å². The van der Waals surface area contributed by atoms with Crippen LogP contribution >= 0.6 is 0 Å². The summed E-state index contributed by atoms with van der Waals surface area (Å²) in [5.41, 5.74) is 0. The van der Waals surface area contributed by atoms with E-state index in [0.29, 0.717) is 0 Å². The Hall–Kier alpha value is -0.950. The molecule has 0 aromatic carbocycles. The minimum absolute atomic E-state index is 0.822. The third kappa shape index (κ3) is 6.94. The van der Waals surface area contributed by atoms with E-state index in [2.05, 4.69) is 15.2 Å². The summed E-state index contributed by atoms with van der Waals surface area (Å²) >= 11 is 0. The number of rotatable bonds is 0. The van der Waals surface area contributed by atoms with E-state index < -0.39 is 10.9 Å². The second-order valence-corrected chi connectivity index (χ2v) is 2.32. The molecule has 64 valence electrons. The SMILES string of the molecule is Cc1ncn(C)n1.N[SH](=O)=O. The maximum absolute atomic E-state index is 8.81. The summed E-state index contributed by atoms with van der Waals surface area (Å²) in [6, 6.07) is 0. The molecule has 0 atom stereocenters. The van der Waals surface area contributed by atoms with Crippen LogP contribution in [-0.2, 0) is 17.9 Å². The van der Waals surface area contributed by atoms with Crippen LogP contribution in [0.15, 0.2) is 6.33 Å². The number of nitrogens with zero attached hydrogens (tertiary/aromatic N) is 3. The lowest BCUT2D eigenvalue weighted by molar-refractivity contribution is 0.616. The highest BCUT2D eigenvalue weighted by Crippen LogP contribution is 1.79. The first-order valence-electron chi connectivity index (χ1n) is 2.73. The fourth-order valence-electron chi connectivity index (χ4n) is 0.447. The minimum Gasteiger partial charge on any atom is -0.256 e. The summed E-state index contributed by atoms with van der Waals surface area (Å²) in [5, 5.41) is 7.98. The Kier molecular flexibility index (Phi) is 4.39. The van der Waals surface area contributed by atoms with Crippen molar-refractivity contribution in [2.75, 3.05) is 0 Å². The van der Waals surface area contributed by atoms with E-state index in [1.165, 1.54) is 0 Å². The lowest BCUT2D eigenvalue weighted by atomic mass is 10.8. The highest BCUT2D eigenvalue weighted by atomic mass is 32.2. The molecule has 0 radical (unpaired) electrons. The van der Waals surface area contributed by atoms with Gasteiger partial charge in [-0.05, 0) is 6.92 Å². The van der Waals surface area contributed by atoms with Crippen molar-refractivity contribution < 1.29 is 8.42 Å². The van der Waals surface area contributed by atoms with Gasteiger partial charge >= 0.3 is 0 Å². The molecule has 0 saturated carbocycles. The summed E-state index contributed by atoms with van der Waals surface area (Å²) in [7, 11) is -0.773. The molecule has 11 heavy (non-hydrogen) atoms. The molecule has 0 aliphatic carbocycles. The number of hydrogen-bond acceptors (Lipinski definition) is 4. The fourth-order valence-corrected chi connectivity index (χ4v) is 0.447. The fraction of sp³-hybridized carbons (Fsp3) is 0.500. The third-order valence-electron chi connectivity index (χ3n) is 0.714. The summed E-state index contributed by atoms with van der Waals surface area (Å²) in [6.07, 6.45) is 1.68. The molecule has 6 nitrogen and oxygen atoms in total. The molecule has 0 saturated heterocycles.